The van der Waals surface area contributed by atoms with Gasteiger partial charge in [0.25, 0.3) is 0 Å². The molecule has 0 unspecified atom stereocenters. The van der Waals surface area contributed by atoms with E-state index in [1.54, 1.807) is 0 Å². The number of carbonyl (C=O) groups is 1. The van der Waals surface area contributed by atoms with Crippen molar-refractivity contribution in [2.75, 3.05) is 18.4 Å². The van der Waals surface area contributed by atoms with E-state index in [1.165, 1.54) is 6.33 Å². The second kappa shape index (κ2) is 5.95. The van der Waals surface area contributed by atoms with Crippen LogP contribution in [0.5, 0.6) is 0 Å². The van der Waals surface area contributed by atoms with Crippen molar-refractivity contribution in [1.82, 2.24) is 20.1 Å². The quantitative estimate of drug-likeness (QED) is 0.890. The highest BCUT2D eigenvalue weighted by Crippen LogP contribution is 2.24. The molecule has 1 aromatic heterocycles. The topological polar surface area (TPSA) is 73.9 Å². The summed E-state index contributed by atoms with van der Waals surface area (Å²) in [6.45, 7) is 3.46. The van der Waals surface area contributed by atoms with Gasteiger partial charge in [-0.05, 0) is 37.5 Å². The van der Waals surface area contributed by atoms with Crippen LogP contribution in [0.2, 0.25) is 0 Å². The van der Waals surface area contributed by atoms with E-state index in [0.717, 1.165) is 36.5 Å². The summed E-state index contributed by atoms with van der Waals surface area (Å²) in [5, 5.41) is 9.75. The summed E-state index contributed by atoms with van der Waals surface area (Å²) >= 11 is 0. The summed E-state index contributed by atoms with van der Waals surface area (Å²) in [5.41, 5.74) is 1.97. The van der Waals surface area contributed by atoms with Gasteiger partial charge in [0.15, 0.2) is 0 Å². The van der Waals surface area contributed by atoms with E-state index in [0.29, 0.717) is 6.54 Å². The molecular weight excluding hydrogens is 266 g/mol. The van der Waals surface area contributed by atoms with Crippen LogP contribution in [-0.2, 0) is 0 Å². The van der Waals surface area contributed by atoms with Crippen LogP contribution in [0.25, 0.3) is 0 Å². The number of urea groups is 1. The minimum absolute atomic E-state index is 0.0511. The van der Waals surface area contributed by atoms with E-state index in [9.17, 15) is 4.79 Å². The maximum absolute atomic E-state index is 12.4. The highest BCUT2D eigenvalue weighted by Gasteiger charge is 2.26. The zero-order chi connectivity index (χ0) is 14.7. The zero-order valence-corrected chi connectivity index (χ0v) is 12.0. The third-order valence-electron chi connectivity index (χ3n) is 3.80. The minimum Gasteiger partial charge on any atom is -0.324 e. The third kappa shape index (κ3) is 3.21. The lowest BCUT2D eigenvalue weighted by Gasteiger charge is -2.31. The lowest BCUT2D eigenvalue weighted by molar-refractivity contribution is 0.191. The average molecular weight is 285 g/mol. The molecule has 0 radical (unpaired) electrons. The van der Waals surface area contributed by atoms with Gasteiger partial charge in [-0.25, -0.2) is 9.78 Å². The molecule has 1 aliphatic rings. The number of hydrogen-bond acceptors (Lipinski definition) is 3. The number of rotatable bonds is 2. The second-order valence-electron chi connectivity index (χ2n) is 5.46. The van der Waals surface area contributed by atoms with E-state index in [2.05, 4.69) is 20.5 Å². The predicted molar refractivity (Wildman–Crippen MR) is 80.1 cm³/mol. The number of nitrogens with one attached hydrogen (secondary N) is 2. The standard InChI is InChI=1S/C15H19N5O/c1-11-4-2-6-13(8-11)18-15(21)20-7-3-5-12(9-20)14-16-10-17-19-14/h2,4,6,8,10,12H,3,5,7,9H2,1H3,(H,18,21)(H,16,17,19)/t12-/m1/s1. The molecule has 21 heavy (non-hydrogen) atoms. The Bertz CT molecular complexity index is 610. The summed E-state index contributed by atoms with van der Waals surface area (Å²) in [6.07, 6.45) is 3.52. The Kier molecular flexibility index (Phi) is 3.85. The molecule has 2 N–H and O–H groups in total. The first kappa shape index (κ1) is 13.6. The molecule has 1 aromatic carbocycles. The first-order valence-electron chi connectivity index (χ1n) is 7.20. The van der Waals surface area contributed by atoms with E-state index >= 15 is 0 Å². The lowest BCUT2D eigenvalue weighted by atomic mass is 9.98. The van der Waals surface area contributed by atoms with Gasteiger partial charge in [-0.15, -0.1) is 0 Å². The van der Waals surface area contributed by atoms with Crippen LogP contribution in [-0.4, -0.2) is 39.2 Å². The number of benzene rings is 1. The molecular formula is C15H19N5O. The highest BCUT2D eigenvalue weighted by molar-refractivity contribution is 5.89. The highest BCUT2D eigenvalue weighted by atomic mass is 16.2. The molecule has 3 rings (SSSR count). The van der Waals surface area contributed by atoms with Crippen molar-refractivity contribution >= 4 is 11.7 Å². The van der Waals surface area contributed by atoms with Crippen LogP contribution >= 0.6 is 0 Å². The first-order valence-corrected chi connectivity index (χ1v) is 7.20. The number of piperidine rings is 1. The van der Waals surface area contributed by atoms with Crippen LogP contribution < -0.4 is 5.32 Å². The van der Waals surface area contributed by atoms with E-state index in [4.69, 9.17) is 0 Å². The number of carbonyl (C=O) groups excluding carboxylic acids is 1. The van der Waals surface area contributed by atoms with Crippen LogP contribution in [0.4, 0.5) is 10.5 Å². The number of nitrogens with zero attached hydrogens (tertiary/aromatic N) is 3. The number of hydrogen-bond donors (Lipinski definition) is 2. The van der Waals surface area contributed by atoms with Gasteiger partial charge in [-0.3, -0.25) is 5.10 Å². The molecule has 1 fully saturated rings. The monoisotopic (exact) mass is 285 g/mol. The van der Waals surface area contributed by atoms with Crippen molar-refractivity contribution in [2.45, 2.75) is 25.7 Å². The van der Waals surface area contributed by atoms with Gasteiger partial charge in [0.2, 0.25) is 0 Å². The summed E-state index contributed by atoms with van der Waals surface area (Å²) in [4.78, 5) is 18.4. The van der Waals surface area contributed by atoms with Crippen LogP contribution in [0.3, 0.4) is 0 Å². The normalized spacial score (nSPS) is 18.5. The van der Waals surface area contributed by atoms with Gasteiger partial charge >= 0.3 is 6.03 Å². The Morgan fingerprint density at radius 2 is 2.38 bits per heavy atom. The predicted octanol–water partition coefficient (Wildman–Crippen LogP) is 2.52. The van der Waals surface area contributed by atoms with Crippen molar-refractivity contribution in [1.29, 1.82) is 0 Å². The largest absolute Gasteiger partial charge is 0.324 e. The smallest absolute Gasteiger partial charge is 0.321 e. The molecule has 2 heterocycles. The fourth-order valence-electron chi connectivity index (χ4n) is 2.72. The molecule has 1 aliphatic heterocycles. The Hall–Kier alpha value is -2.37. The molecule has 6 nitrogen and oxygen atoms in total. The Morgan fingerprint density at radius 3 is 3.14 bits per heavy atom. The first-order chi connectivity index (χ1) is 10.2. The minimum atomic E-state index is -0.0511. The summed E-state index contributed by atoms with van der Waals surface area (Å²) in [6, 6.07) is 7.78. The zero-order valence-electron chi connectivity index (χ0n) is 12.0. The molecule has 1 saturated heterocycles. The van der Waals surface area contributed by atoms with Crippen molar-refractivity contribution < 1.29 is 4.79 Å². The molecule has 0 spiro atoms. The number of aryl methyl sites for hydroxylation is 1. The number of anilines is 1. The molecule has 1 atom stereocenters. The van der Waals surface area contributed by atoms with Crippen molar-refractivity contribution in [3.63, 3.8) is 0 Å². The SMILES string of the molecule is Cc1cccc(NC(=O)N2CCC[C@@H](c3ncn[nH]3)C2)c1. The second-order valence-corrected chi connectivity index (χ2v) is 5.46. The molecule has 2 amide bonds. The number of aromatic nitrogens is 3. The van der Waals surface area contributed by atoms with E-state index in [-0.39, 0.29) is 11.9 Å². The number of likely N-dealkylation sites (tertiary alicyclic amines) is 1. The van der Waals surface area contributed by atoms with Crippen molar-refractivity contribution in [2.24, 2.45) is 0 Å². The third-order valence-corrected chi connectivity index (χ3v) is 3.80. The summed E-state index contributed by atoms with van der Waals surface area (Å²) in [5.74, 6) is 1.10. The molecule has 2 aromatic rings. The average Bonchev–Trinajstić information content (AvgIpc) is 3.02. The van der Waals surface area contributed by atoms with Gasteiger partial charge in [-0.2, -0.15) is 5.10 Å². The summed E-state index contributed by atoms with van der Waals surface area (Å²) < 4.78 is 0. The van der Waals surface area contributed by atoms with Crippen molar-refractivity contribution in [3.05, 3.63) is 42.0 Å². The Labute approximate surface area is 123 Å². The van der Waals surface area contributed by atoms with Crippen molar-refractivity contribution in [3.8, 4) is 0 Å². The van der Waals surface area contributed by atoms with Gasteiger partial charge in [0.05, 0.1) is 0 Å². The van der Waals surface area contributed by atoms with Gasteiger partial charge in [0, 0.05) is 24.7 Å². The maximum atomic E-state index is 12.4. The molecule has 0 bridgehead atoms. The Balaban J connectivity index is 1.64. The van der Waals surface area contributed by atoms with E-state index < -0.39 is 0 Å². The van der Waals surface area contributed by atoms with Crippen LogP contribution in [0.15, 0.2) is 30.6 Å². The number of aromatic amines is 1. The molecule has 0 saturated carbocycles. The van der Waals surface area contributed by atoms with E-state index in [1.807, 2.05) is 36.1 Å². The molecule has 6 heteroatoms. The molecule has 110 valence electrons. The Morgan fingerprint density at radius 1 is 1.48 bits per heavy atom. The number of H-pyrrole nitrogens is 1. The lowest BCUT2D eigenvalue weighted by Crippen LogP contribution is -2.41. The fraction of sp³-hybridized carbons (Fsp3) is 0.400. The fourth-order valence-corrected chi connectivity index (χ4v) is 2.72. The maximum Gasteiger partial charge on any atom is 0.321 e. The van der Waals surface area contributed by atoms with Crippen LogP contribution in [0.1, 0.15) is 30.1 Å². The van der Waals surface area contributed by atoms with Gasteiger partial charge in [-0.1, -0.05) is 12.1 Å². The number of amides is 2. The molecule has 0 aliphatic carbocycles. The van der Waals surface area contributed by atoms with Gasteiger partial charge < -0.3 is 10.2 Å². The van der Waals surface area contributed by atoms with Crippen LogP contribution in [0, 0.1) is 6.92 Å². The summed E-state index contributed by atoms with van der Waals surface area (Å²) in [7, 11) is 0. The van der Waals surface area contributed by atoms with Gasteiger partial charge in [0.1, 0.15) is 12.2 Å².